The summed E-state index contributed by atoms with van der Waals surface area (Å²) in [5.41, 5.74) is 4.02. The Morgan fingerprint density at radius 3 is 2.84 bits per heavy atom. The molecule has 0 N–H and O–H groups in total. The fraction of sp³-hybridized carbons (Fsp3) is 0. The standard InChI is InChI=1S/C16H11N3/c1-2-4-14-12(3-1)5-6-15(18-14)13-7-9-19-10-8-17-16(19)11-13/h1-11H. The largest absolute Gasteiger partial charge is 0.307 e. The van der Waals surface area contributed by atoms with Crippen LogP contribution in [0.4, 0.5) is 0 Å². The molecule has 90 valence electrons. The average molecular weight is 245 g/mol. The molecule has 0 unspecified atom stereocenters. The third-order valence-corrected chi connectivity index (χ3v) is 3.29. The van der Waals surface area contributed by atoms with Crippen molar-refractivity contribution in [1.29, 1.82) is 0 Å². The topological polar surface area (TPSA) is 30.2 Å². The molecule has 4 aromatic rings. The van der Waals surface area contributed by atoms with Crippen LogP contribution in [0.5, 0.6) is 0 Å². The normalized spacial score (nSPS) is 11.2. The molecule has 0 radical (unpaired) electrons. The lowest BCUT2D eigenvalue weighted by Gasteiger charge is -2.03. The van der Waals surface area contributed by atoms with Crippen molar-refractivity contribution in [3.63, 3.8) is 0 Å². The van der Waals surface area contributed by atoms with E-state index in [1.165, 1.54) is 0 Å². The first-order chi connectivity index (χ1) is 9.40. The van der Waals surface area contributed by atoms with Crippen molar-refractivity contribution in [2.24, 2.45) is 0 Å². The van der Waals surface area contributed by atoms with Gasteiger partial charge < -0.3 is 4.40 Å². The molecule has 3 heterocycles. The van der Waals surface area contributed by atoms with Crippen molar-refractivity contribution < 1.29 is 0 Å². The summed E-state index contributed by atoms with van der Waals surface area (Å²) in [6, 6.07) is 16.4. The summed E-state index contributed by atoms with van der Waals surface area (Å²) < 4.78 is 1.99. The van der Waals surface area contributed by atoms with Crippen LogP contribution in [0.25, 0.3) is 27.8 Å². The number of hydrogen-bond donors (Lipinski definition) is 0. The molecule has 0 saturated carbocycles. The molecular formula is C16H11N3. The van der Waals surface area contributed by atoms with E-state index in [-0.39, 0.29) is 0 Å². The number of aromatic nitrogens is 3. The van der Waals surface area contributed by atoms with Gasteiger partial charge in [0.15, 0.2) is 0 Å². The van der Waals surface area contributed by atoms with Gasteiger partial charge in [0.2, 0.25) is 0 Å². The number of para-hydroxylation sites is 1. The second-order valence-corrected chi connectivity index (χ2v) is 4.50. The third kappa shape index (κ3) is 1.67. The fourth-order valence-corrected chi connectivity index (χ4v) is 2.30. The Morgan fingerprint density at radius 1 is 0.895 bits per heavy atom. The third-order valence-electron chi connectivity index (χ3n) is 3.29. The van der Waals surface area contributed by atoms with Gasteiger partial charge in [-0.15, -0.1) is 0 Å². The van der Waals surface area contributed by atoms with Gasteiger partial charge in [-0.3, -0.25) is 0 Å². The zero-order valence-electron chi connectivity index (χ0n) is 10.2. The van der Waals surface area contributed by atoms with Gasteiger partial charge in [-0.25, -0.2) is 9.97 Å². The van der Waals surface area contributed by atoms with Crippen LogP contribution in [0.3, 0.4) is 0 Å². The fourth-order valence-electron chi connectivity index (χ4n) is 2.30. The summed E-state index contributed by atoms with van der Waals surface area (Å²) in [4.78, 5) is 9.00. The monoisotopic (exact) mass is 245 g/mol. The van der Waals surface area contributed by atoms with Gasteiger partial charge in [0, 0.05) is 29.5 Å². The van der Waals surface area contributed by atoms with Gasteiger partial charge in [0.1, 0.15) is 5.65 Å². The zero-order chi connectivity index (χ0) is 12.7. The van der Waals surface area contributed by atoms with Gasteiger partial charge in [-0.2, -0.15) is 0 Å². The maximum atomic E-state index is 4.70. The summed E-state index contributed by atoms with van der Waals surface area (Å²) >= 11 is 0. The molecule has 0 atom stereocenters. The number of fused-ring (bicyclic) bond motifs is 2. The second-order valence-electron chi connectivity index (χ2n) is 4.50. The van der Waals surface area contributed by atoms with Crippen molar-refractivity contribution >= 4 is 16.6 Å². The first-order valence-electron chi connectivity index (χ1n) is 6.19. The molecule has 1 aromatic carbocycles. The Morgan fingerprint density at radius 2 is 1.84 bits per heavy atom. The summed E-state index contributed by atoms with van der Waals surface area (Å²) in [6.45, 7) is 0. The Kier molecular flexibility index (Phi) is 2.12. The molecule has 0 aliphatic carbocycles. The van der Waals surface area contributed by atoms with E-state index in [9.17, 15) is 0 Å². The van der Waals surface area contributed by atoms with Crippen LogP contribution in [0.1, 0.15) is 0 Å². The van der Waals surface area contributed by atoms with E-state index in [1.807, 2.05) is 35.0 Å². The Bertz CT molecular complexity index is 877. The molecule has 0 bridgehead atoms. The lowest BCUT2D eigenvalue weighted by Crippen LogP contribution is -1.88. The van der Waals surface area contributed by atoms with Crippen LogP contribution in [0.2, 0.25) is 0 Å². The van der Waals surface area contributed by atoms with E-state index in [4.69, 9.17) is 4.98 Å². The lowest BCUT2D eigenvalue weighted by molar-refractivity contribution is 1.18. The van der Waals surface area contributed by atoms with Gasteiger partial charge in [0.25, 0.3) is 0 Å². The molecule has 19 heavy (non-hydrogen) atoms. The van der Waals surface area contributed by atoms with Crippen molar-refractivity contribution in [3.8, 4) is 11.3 Å². The number of benzene rings is 1. The number of nitrogens with zero attached hydrogens (tertiary/aromatic N) is 3. The Hall–Kier alpha value is -2.68. The first kappa shape index (κ1) is 10.3. The Balaban J connectivity index is 1.92. The molecule has 0 saturated heterocycles. The van der Waals surface area contributed by atoms with Crippen LogP contribution in [-0.2, 0) is 0 Å². The average Bonchev–Trinajstić information content (AvgIpc) is 2.94. The van der Waals surface area contributed by atoms with E-state index in [0.29, 0.717) is 0 Å². The number of hydrogen-bond acceptors (Lipinski definition) is 2. The molecule has 0 amide bonds. The summed E-state index contributed by atoms with van der Waals surface area (Å²) in [5.74, 6) is 0. The molecule has 0 aliphatic rings. The minimum Gasteiger partial charge on any atom is -0.307 e. The predicted molar refractivity (Wildman–Crippen MR) is 75.9 cm³/mol. The van der Waals surface area contributed by atoms with Gasteiger partial charge in [0.05, 0.1) is 11.2 Å². The molecular weight excluding hydrogens is 234 g/mol. The van der Waals surface area contributed by atoms with Crippen molar-refractivity contribution in [1.82, 2.24) is 14.4 Å². The summed E-state index contributed by atoms with van der Waals surface area (Å²) in [7, 11) is 0. The van der Waals surface area contributed by atoms with Crippen LogP contribution in [-0.4, -0.2) is 14.4 Å². The first-order valence-corrected chi connectivity index (χ1v) is 6.19. The van der Waals surface area contributed by atoms with Gasteiger partial charge in [-0.05, 0) is 24.3 Å². The van der Waals surface area contributed by atoms with Gasteiger partial charge in [-0.1, -0.05) is 24.3 Å². The van der Waals surface area contributed by atoms with Crippen LogP contribution < -0.4 is 0 Å². The predicted octanol–water partition coefficient (Wildman–Crippen LogP) is 3.55. The highest BCUT2D eigenvalue weighted by Gasteiger charge is 2.03. The number of pyridine rings is 2. The van der Waals surface area contributed by atoms with Crippen molar-refractivity contribution in [2.75, 3.05) is 0 Å². The van der Waals surface area contributed by atoms with Crippen LogP contribution in [0, 0.1) is 0 Å². The van der Waals surface area contributed by atoms with Crippen LogP contribution in [0.15, 0.2) is 67.1 Å². The quantitative estimate of drug-likeness (QED) is 0.513. The van der Waals surface area contributed by atoms with Gasteiger partial charge >= 0.3 is 0 Å². The zero-order valence-corrected chi connectivity index (χ0v) is 10.2. The highest BCUT2D eigenvalue weighted by molar-refractivity contribution is 5.81. The molecule has 3 heteroatoms. The summed E-state index contributed by atoms with van der Waals surface area (Å²) in [6.07, 6.45) is 5.74. The maximum absolute atomic E-state index is 4.70. The van der Waals surface area contributed by atoms with E-state index in [0.717, 1.165) is 27.8 Å². The minimum absolute atomic E-state index is 0.937. The Labute approximate surface area is 110 Å². The molecule has 0 spiro atoms. The van der Waals surface area contributed by atoms with Crippen LogP contribution >= 0.6 is 0 Å². The highest BCUT2D eigenvalue weighted by atomic mass is 15.0. The smallest absolute Gasteiger partial charge is 0.137 e. The van der Waals surface area contributed by atoms with E-state index >= 15 is 0 Å². The molecule has 4 rings (SSSR count). The minimum atomic E-state index is 0.937. The number of rotatable bonds is 1. The van der Waals surface area contributed by atoms with E-state index in [1.54, 1.807) is 6.20 Å². The molecule has 3 aromatic heterocycles. The SMILES string of the molecule is c1ccc2nc(-c3ccn4ccnc4c3)ccc2c1. The van der Waals surface area contributed by atoms with E-state index in [2.05, 4.69) is 35.3 Å². The number of imidazole rings is 1. The van der Waals surface area contributed by atoms with Crippen molar-refractivity contribution in [2.45, 2.75) is 0 Å². The highest BCUT2D eigenvalue weighted by Crippen LogP contribution is 2.21. The maximum Gasteiger partial charge on any atom is 0.137 e. The molecule has 0 fully saturated rings. The van der Waals surface area contributed by atoms with Crippen molar-refractivity contribution in [3.05, 3.63) is 67.1 Å². The molecule has 0 aliphatic heterocycles. The molecule has 3 nitrogen and oxygen atoms in total. The lowest BCUT2D eigenvalue weighted by atomic mass is 10.1. The second kappa shape index (κ2) is 3.92. The van der Waals surface area contributed by atoms with E-state index < -0.39 is 0 Å². The summed E-state index contributed by atoms with van der Waals surface area (Å²) in [5, 5.41) is 1.16.